The van der Waals surface area contributed by atoms with E-state index in [4.69, 9.17) is 15.2 Å². The van der Waals surface area contributed by atoms with Crippen molar-refractivity contribution < 1.29 is 13.9 Å². The molecule has 0 aliphatic rings. The third-order valence-electron chi connectivity index (χ3n) is 5.01. The number of benzene rings is 2. The first-order chi connectivity index (χ1) is 15.9. The molecule has 0 fully saturated rings. The van der Waals surface area contributed by atoms with Crippen molar-refractivity contribution in [3.05, 3.63) is 66.0 Å². The fourth-order valence-electron chi connectivity index (χ4n) is 3.33. The van der Waals surface area contributed by atoms with E-state index in [1.165, 1.54) is 12.1 Å². The van der Waals surface area contributed by atoms with E-state index < -0.39 is 0 Å². The van der Waals surface area contributed by atoms with Crippen molar-refractivity contribution in [2.45, 2.75) is 13.0 Å². The number of methoxy groups -OCH3 is 2. The third kappa shape index (κ3) is 5.12. The van der Waals surface area contributed by atoms with Crippen LogP contribution in [-0.4, -0.2) is 34.4 Å². The highest BCUT2D eigenvalue weighted by molar-refractivity contribution is 5.68. The lowest BCUT2D eigenvalue weighted by atomic mass is 10.1. The van der Waals surface area contributed by atoms with E-state index >= 15 is 0 Å². The number of H-pyrrole nitrogens is 1. The predicted octanol–water partition coefficient (Wildman–Crippen LogP) is 4.52. The minimum Gasteiger partial charge on any atom is -0.493 e. The Morgan fingerprint density at radius 1 is 0.909 bits per heavy atom. The molecule has 2 aromatic heterocycles. The summed E-state index contributed by atoms with van der Waals surface area (Å²) in [5.74, 6) is 2.63. The van der Waals surface area contributed by atoms with Crippen LogP contribution in [0.4, 0.5) is 27.8 Å². The summed E-state index contributed by atoms with van der Waals surface area (Å²) in [5.41, 5.74) is 8.47. The van der Waals surface area contributed by atoms with Crippen LogP contribution in [0.3, 0.4) is 0 Å². The number of rotatable bonds is 8. The van der Waals surface area contributed by atoms with Crippen molar-refractivity contribution in [3.8, 4) is 22.8 Å². The molecule has 1 unspecified atom stereocenters. The first-order valence-corrected chi connectivity index (χ1v) is 10.2. The lowest BCUT2D eigenvalue weighted by Gasteiger charge is -2.16. The molecule has 9 nitrogen and oxygen atoms in total. The van der Waals surface area contributed by atoms with Crippen molar-refractivity contribution in [1.82, 2.24) is 20.2 Å². The lowest BCUT2D eigenvalue weighted by molar-refractivity contribution is 0.355. The summed E-state index contributed by atoms with van der Waals surface area (Å²) >= 11 is 0. The van der Waals surface area contributed by atoms with Crippen molar-refractivity contribution in [2.24, 2.45) is 0 Å². The van der Waals surface area contributed by atoms with Crippen molar-refractivity contribution in [2.75, 3.05) is 30.6 Å². The van der Waals surface area contributed by atoms with Crippen LogP contribution >= 0.6 is 0 Å². The van der Waals surface area contributed by atoms with Gasteiger partial charge in [-0.3, -0.25) is 5.10 Å². The van der Waals surface area contributed by atoms with Gasteiger partial charge in [0.25, 0.3) is 0 Å². The van der Waals surface area contributed by atoms with Crippen LogP contribution in [0.25, 0.3) is 11.3 Å². The molecular formula is C23H24FN7O2. The Labute approximate surface area is 190 Å². The Hall–Kier alpha value is -4.34. The Kier molecular flexibility index (Phi) is 6.25. The average molecular weight is 449 g/mol. The topological polar surface area (TPSA) is 123 Å². The minimum absolute atomic E-state index is 0.101. The maximum absolute atomic E-state index is 13.2. The molecule has 2 aromatic carbocycles. The van der Waals surface area contributed by atoms with Gasteiger partial charge in [0, 0.05) is 23.7 Å². The van der Waals surface area contributed by atoms with Crippen LogP contribution in [0.15, 0.2) is 54.6 Å². The van der Waals surface area contributed by atoms with Gasteiger partial charge in [-0.1, -0.05) is 12.1 Å². The number of aromatic amines is 1. The molecule has 2 heterocycles. The summed E-state index contributed by atoms with van der Waals surface area (Å²) in [6.45, 7) is 1.95. The van der Waals surface area contributed by atoms with Gasteiger partial charge in [-0.25, -0.2) is 4.39 Å². The molecule has 0 aliphatic carbocycles. The van der Waals surface area contributed by atoms with E-state index in [1.807, 2.05) is 31.2 Å². The first-order valence-electron chi connectivity index (χ1n) is 10.2. The van der Waals surface area contributed by atoms with Gasteiger partial charge >= 0.3 is 0 Å². The number of nitrogens with zero attached hydrogens (tertiary/aromatic N) is 3. The molecule has 0 aliphatic heterocycles. The molecule has 170 valence electrons. The summed E-state index contributed by atoms with van der Waals surface area (Å²) in [4.78, 5) is 8.46. The fourth-order valence-corrected chi connectivity index (χ4v) is 3.33. The zero-order chi connectivity index (χ0) is 23.4. The Bertz CT molecular complexity index is 1240. The van der Waals surface area contributed by atoms with Gasteiger partial charge in [0.15, 0.2) is 17.3 Å². The second kappa shape index (κ2) is 9.43. The SMILES string of the molecule is COc1ccc(-c2cc(Nc3cc(NC(C)c4ccc(F)cc4)nc(N)n3)n[nH]2)cc1OC. The van der Waals surface area contributed by atoms with Crippen molar-refractivity contribution in [3.63, 3.8) is 0 Å². The Morgan fingerprint density at radius 2 is 1.64 bits per heavy atom. The number of nitrogens with one attached hydrogen (secondary N) is 3. The average Bonchev–Trinajstić information content (AvgIpc) is 3.27. The first kappa shape index (κ1) is 21.9. The van der Waals surface area contributed by atoms with Gasteiger partial charge in [-0.15, -0.1) is 0 Å². The van der Waals surface area contributed by atoms with E-state index in [0.717, 1.165) is 16.8 Å². The van der Waals surface area contributed by atoms with Crippen LogP contribution in [0, 0.1) is 5.82 Å². The molecule has 0 amide bonds. The highest BCUT2D eigenvalue weighted by Crippen LogP contribution is 2.32. The molecule has 1 atom stereocenters. The molecule has 33 heavy (non-hydrogen) atoms. The van der Waals surface area contributed by atoms with Crippen LogP contribution in [-0.2, 0) is 0 Å². The van der Waals surface area contributed by atoms with E-state index in [0.29, 0.717) is 29.0 Å². The second-order valence-corrected chi connectivity index (χ2v) is 7.28. The number of hydrogen-bond acceptors (Lipinski definition) is 8. The summed E-state index contributed by atoms with van der Waals surface area (Å²) in [7, 11) is 3.18. The van der Waals surface area contributed by atoms with Crippen LogP contribution in [0.2, 0.25) is 0 Å². The minimum atomic E-state index is -0.282. The standard InChI is InChI=1S/C23H24FN7O2/c1-13(14-4-7-16(24)8-5-14)26-20-12-21(29-23(25)28-20)27-22-11-17(30-31-22)15-6-9-18(32-2)19(10-15)33-3/h4-13H,1-3H3,(H5,25,26,27,28,29,30,31). The number of ether oxygens (including phenoxy) is 2. The maximum Gasteiger partial charge on any atom is 0.223 e. The molecule has 0 bridgehead atoms. The molecule has 4 aromatic rings. The van der Waals surface area contributed by atoms with Crippen molar-refractivity contribution >= 4 is 23.4 Å². The van der Waals surface area contributed by atoms with Gasteiger partial charge in [0.2, 0.25) is 5.95 Å². The Balaban J connectivity index is 1.50. The molecule has 0 spiro atoms. The van der Waals surface area contributed by atoms with Gasteiger partial charge in [-0.2, -0.15) is 15.1 Å². The summed E-state index contributed by atoms with van der Waals surface area (Å²) < 4.78 is 23.8. The monoisotopic (exact) mass is 449 g/mol. The van der Waals surface area contributed by atoms with E-state index in [-0.39, 0.29) is 17.8 Å². The normalized spacial score (nSPS) is 11.6. The smallest absolute Gasteiger partial charge is 0.223 e. The Morgan fingerprint density at radius 3 is 2.36 bits per heavy atom. The molecule has 0 saturated carbocycles. The number of hydrogen-bond donors (Lipinski definition) is 4. The van der Waals surface area contributed by atoms with Gasteiger partial charge < -0.3 is 25.8 Å². The summed E-state index contributed by atoms with van der Waals surface area (Å²) in [5, 5.41) is 13.7. The van der Waals surface area contributed by atoms with E-state index in [9.17, 15) is 4.39 Å². The fraction of sp³-hybridized carbons (Fsp3) is 0.174. The lowest BCUT2D eigenvalue weighted by Crippen LogP contribution is -2.10. The highest BCUT2D eigenvalue weighted by atomic mass is 19.1. The number of halogens is 1. The van der Waals surface area contributed by atoms with E-state index in [2.05, 4.69) is 30.8 Å². The largest absolute Gasteiger partial charge is 0.493 e. The molecule has 0 radical (unpaired) electrons. The number of nitrogen functional groups attached to an aromatic ring is 1. The summed E-state index contributed by atoms with van der Waals surface area (Å²) in [6, 6.07) is 15.3. The zero-order valence-electron chi connectivity index (χ0n) is 18.4. The maximum atomic E-state index is 13.2. The highest BCUT2D eigenvalue weighted by Gasteiger charge is 2.12. The number of nitrogens with two attached hydrogens (primary N) is 1. The van der Waals surface area contributed by atoms with Crippen LogP contribution in [0.5, 0.6) is 11.5 Å². The predicted molar refractivity (Wildman–Crippen MR) is 125 cm³/mol. The molecular weight excluding hydrogens is 425 g/mol. The molecule has 0 saturated heterocycles. The number of anilines is 4. The van der Waals surface area contributed by atoms with Gasteiger partial charge in [-0.05, 0) is 42.8 Å². The second-order valence-electron chi connectivity index (χ2n) is 7.28. The van der Waals surface area contributed by atoms with Crippen LogP contribution < -0.4 is 25.8 Å². The molecule has 5 N–H and O–H groups in total. The summed E-state index contributed by atoms with van der Waals surface area (Å²) in [6.07, 6.45) is 0. The zero-order valence-corrected chi connectivity index (χ0v) is 18.4. The van der Waals surface area contributed by atoms with Crippen molar-refractivity contribution in [1.29, 1.82) is 0 Å². The van der Waals surface area contributed by atoms with Gasteiger partial charge in [0.1, 0.15) is 17.5 Å². The van der Waals surface area contributed by atoms with Crippen LogP contribution in [0.1, 0.15) is 18.5 Å². The number of aromatic nitrogens is 4. The van der Waals surface area contributed by atoms with E-state index in [1.54, 1.807) is 32.4 Å². The van der Waals surface area contributed by atoms with Gasteiger partial charge in [0.05, 0.1) is 19.9 Å². The molecule has 10 heteroatoms. The molecule has 4 rings (SSSR count). The quantitative estimate of drug-likeness (QED) is 0.310. The third-order valence-corrected chi connectivity index (χ3v) is 5.01.